The Bertz CT molecular complexity index is 518. The molecule has 2 heterocycles. The Morgan fingerprint density at radius 3 is 2.80 bits per heavy atom. The number of aliphatic hydroxyl groups is 1. The van der Waals surface area contributed by atoms with Crippen molar-refractivity contribution in [3.63, 3.8) is 0 Å². The van der Waals surface area contributed by atoms with Crippen molar-refractivity contribution in [2.45, 2.75) is 13.0 Å². The number of aliphatic hydroxyl groups excluding tert-OH is 1. The Labute approximate surface area is 84.6 Å². The van der Waals surface area contributed by atoms with Crippen molar-refractivity contribution in [3.05, 3.63) is 23.7 Å². The molecule has 6 heteroatoms. The zero-order valence-electron chi connectivity index (χ0n) is 7.93. The molecule has 0 radical (unpaired) electrons. The maximum absolute atomic E-state index is 10.6. The van der Waals surface area contributed by atoms with Gasteiger partial charge >= 0.3 is 5.97 Å². The van der Waals surface area contributed by atoms with E-state index in [1.165, 1.54) is 6.07 Å². The molecule has 0 aromatic carbocycles. The Kier molecular flexibility index (Phi) is 2.12. The van der Waals surface area contributed by atoms with E-state index in [-0.39, 0.29) is 5.69 Å². The number of rotatable bonds is 2. The van der Waals surface area contributed by atoms with Gasteiger partial charge in [0, 0.05) is 0 Å². The summed E-state index contributed by atoms with van der Waals surface area (Å²) in [5.41, 5.74) is 0.841. The van der Waals surface area contributed by atoms with E-state index in [1.54, 1.807) is 13.0 Å². The molecule has 2 aromatic rings. The standard InChI is InChI=1S/C9H9N3O3/c1-4(13)7-10-5-2-3-6(9(14)15)11-8(5)12-7/h2-4,13H,1H3,(H,14,15)(H,10,11,12). The Balaban J connectivity index is 2.57. The van der Waals surface area contributed by atoms with Gasteiger partial charge in [0.05, 0.1) is 5.52 Å². The molecule has 15 heavy (non-hydrogen) atoms. The van der Waals surface area contributed by atoms with Gasteiger partial charge in [0.1, 0.15) is 11.9 Å². The van der Waals surface area contributed by atoms with Crippen LogP contribution in [0.1, 0.15) is 29.3 Å². The van der Waals surface area contributed by atoms with Crippen molar-refractivity contribution in [2.75, 3.05) is 0 Å². The number of carbonyl (C=O) groups is 1. The Hall–Kier alpha value is -1.95. The van der Waals surface area contributed by atoms with E-state index in [2.05, 4.69) is 15.0 Å². The molecule has 0 bridgehead atoms. The summed E-state index contributed by atoms with van der Waals surface area (Å²) in [5.74, 6) is -0.724. The third-order valence-corrected chi connectivity index (χ3v) is 1.98. The summed E-state index contributed by atoms with van der Waals surface area (Å²) < 4.78 is 0. The number of fused-ring (bicyclic) bond motifs is 1. The molecule has 0 saturated heterocycles. The first kappa shape index (κ1) is 9.60. The number of aromatic carboxylic acids is 1. The molecule has 78 valence electrons. The number of hydrogen-bond acceptors (Lipinski definition) is 4. The number of aromatic amines is 1. The molecule has 2 aromatic heterocycles. The number of nitrogens with zero attached hydrogens (tertiary/aromatic N) is 2. The van der Waals surface area contributed by atoms with Gasteiger partial charge in [-0.25, -0.2) is 14.8 Å². The van der Waals surface area contributed by atoms with Crippen LogP contribution in [0.5, 0.6) is 0 Å². The van der Waals surface area contributed by atoms with Crippen LogP contribution in [0, 0.1) is 0 Å². The van der Waals surface area contributed by atoms with Crippen molar-refractivity contribution < 1.29 is 15.0 Å². The van der Waals surface area contributed by atoms with E-state index in [0.717, 1.165) is 0 Å². The van der Waals surface area contributed by atoms with Gasteiger partial charge in [-0.1, -0.05) is 0 Å². The average Bonchev–Trinajstić information content (AvgIpc) is 2.59. The molecule has 0 aliphatic carbocycles. The molecule has 2 rings (SSSR count). The topological polar surface area (TPSA) is 99.1 Å². The number of aromatic nitrogens is 3. The second-order valence-electron chi connectivity index (χ2n) is 3.17. The van der Waals surface area contributed by atoms with E-state index in [4.69, 9.17) is 5.11 Å². The van der Waals surface area contributed by atoms with Crippen LogP contribution in [0.4, 0.5) is 0 Å². The summed E-state index contributed by atoms with van der Waals surface area (Å²) in [4.78, 5) is 21.3. The number of pyridine rings is 1. The highest BCUT2D eigenvalue weighted by Crippen LogP contribution is 2.14. The highest BCUT2D eigenvalue weighted by Gasteiger charge is 2.11. The first-order valence-electron chi connectivity index (χ1n) is 4.36. The Morgan fingerprint density at radius 2 is 2.20 bits per heavy atom. The van der Waals surface area contributed by atoms with E-state index in [9.17, 15) is 9.90 Å². The van der Waals surface area contributed by atoms with E-state index in [0.29, 0.717) is 17.0 Å². The lowest BCUT2D eigenvalue weighted by Gasteiger charge is -1.94. The second-order valence-corrected chi connectivity index (χ2v) is 3.17. The lowest BCUT2D eigenvalue weighted by atomic mass is 10.3. The lowest BCUT2D eigenvalue weighted by molar-refractivity contribution is 0.0691. The first-order valence-corrected chi connectivity index (χ1v) is 4.36. The highest BCUT2D eigenvalue weighted by atomic mass is 16.4. The van der Waals surface area contributed by atoms with Crippen LogP contribution in [0.3, 0.4) is 0 Å². The van der Waals surface area contributed by atoms with Crippen LogP contribution in [0.2, 0.25) is 0 Å². The number of carboxylic acid groups (broad SMARTS) is 1. The van der Waals surface area contributed by atoms with Gasteiger partial charge in [0.25, 0.3) is 0 Å². The van der Waals surface area contributed by atoms with Crippen LogP contribution in [-0.2, 0) is 0 Å². The minimum atomic E-state index is -1.10. The average molecular weight is 207 g/mol. The summed E-state index contributed by atoms with van der Waals surface area (Å²) in [5, 5.41) is 18.0. The predicted octanol–water partition coefficient (Wildman–Crippen LogP) is 0.709. The molecule has 3 N–H and O–H groups in total. The molecular formula is C9H9N3O3. The number of nitrogens with one attached hydrogen (secondary N) is 1. The third kappa shape index (κ3) is 1.66. The lowest BCUT2D eigenvalue weighted by Crippen LogP contribution is -1.99. The van der Waals surface area contributed by atoms with Gasteiger partial charge in [-0.15, -0.1) is 0 Å². The van der Waals surface area contributed by atoms with Gasteiger partial charge in [-0.3, -0.25) is 0 Å². The number of hydrogen-bond donors (Lipinski definition) is 3. The summed E-state index contributed by atoms with van der Waals surface area (Å²) in [7, 11) is 0. The molecule has 0 aliphatic rings. The largest absolute Gasteiger partial charge is 0.477 e. The predicted molar refractivity (Wildman–Crippen MR) is 51.5 cm³/mol. The summed E-state index contributed by atoms with van der Waals surface area (Å²) in [6.07, 6.45) is -0.729. The minimum Gasteiger partial charge on any atom is -0.477 e. The number of imidazole rings is 1. The van der Waals surface area contributed by atoms with Gasteiger partial charge in [-0.05, 0) is 19.1 Å². The fourth-order valence-corrected chi connectivity index (χ4v) is 1.23. The second kappa shape index (κ2) is 3.32. The molecule has 0 amide bonds. The van der Waals surface area contributed by atoms with E-state index >= 15 is 0 Å². The first-order chi connectivity index (χ1) is 7.08. The fraction of sp³-hybridized carbons (Fsp3) is 0.222. The molecule has 0 saturated carbocycles. The normalized spacial score (nSPS) is 12.9. The zero-order valence-corrected chi connectivity index (χ0v) is 7.93. The highest BCUT2D eigenvalue weighted by molar-refractivity contribution is 5.88. The smallest absolute Gasteiger partial charge is 0.354 e. The molecule has 6 nitrogen and oxygen atoms in total. The van der Waals surface area contributed by atoms with E-state index in [1.807, 2.05) is 0 Å². The summed E-state index contributed by atoms with van der Waals surface area (Å²) >= 11 is 0. The van der Waals surface area contributed by atoms with Crippen LogP contribution in [0.25, 0.3) is 11.2 Å². The van der Waals surface area contributed by atoms with Crippen molar-refractivity contribution >= 4 is 17.1 Å². The Morgan fingerprint density at radius 1 is 1.47 bits per heavy atom. The minimum absolute atomic E-state index is 0.0638. The zero-order chi connectivity index (χ0) is 11.0. The monoisotopic (exact) mass is 207 g/mol. The van der Waals surface area contributed by atoms with Gasteiger partial charge in [0.2, 0.25) is 0 Å². The summed E-state index contributed by atoms with van der Waals surface area (Å²) in [6, 6.07) is 2.96. The SMILES string of the molecule is CC(O)c1nc2nc(C(=O)O)ccc2[nH]1. The molecular weight excluding hydrogens is 198 g/mol. The van der Waals surface area contributed by atoms with E-state index < -0.39 is 12.1 Å². The van der Waals surface area contributed by atoms with Crippen molar-refractivity contribution in [1.82, 2.24) is 15.0 Å². The van der Waals surface area contributed by atoms with Crippen molar-refractivity contribution in [1.29, 1.82) is 0 Å². The third-order valence-electron chi connectivity index (χ3n) is 1.98. The molecule has 1 unspecified atom stereocenters. The van der Waals surface area contributed by atoms with Crippen LogP contribution < -0.4 is 0 Å². The maximum atomic E-state index is 10.6. The number of carboxylic acids is 1. The van der Waals surface area contributed by atoms with Crippen molar-refractivity contribution in [3.8, 4) is 0 Å². The molecule has 0 spiro atoms. The molecule has 1 atom stereocenters. The molecule has 0 aliphatic heterocycles. The van der Waals surface area contributed by atoms with Crippen LogP contribution in [-0.4, -0.2) is 31.1 Å². The molecule has 0 fully saturated rings. The van der Waals surface area contributed by atoms with Crippen LogP contribution >= 0.6 is 0 Å². The summed E-state index contributed by atoms with van der Waals surface area (Å²) in [6.45, 7) is 1.57. The van der Waals surface area contributed by atoms with Gasteiger partial charge in [0.15, 0.2) is 11.3 Å². The number of H-pyrrole nitrogens is 1. The van der Waals surface area contributed by atoms with Crippen molar-refractivity contribution in [2.24, 2.45) is 0 Å². The van der Waals surface area contributed by atoms with Crippen LogP contribution in [0.15, 0.2) is 12.1 Å². The maximum Gasteiger partial charge on any atom is 0.354 e. The van der Waals surface area contributed by atoms with Gasteiger partial charge in [-0.2, -0.15) is 0 Å². The quantitative estimate of drug-likeness (QED) is 0.673. The fourth-order valence-electron chi connectivity index (χ4n) is 1.23. The van der Waals surface area contributed by atoms with Gasteiger partial charge < -0.3 is 15.2 Å².